The van der Waals surface area contributed by atoms with Crippen molar-refractivity contribution in [2.45, 2.75) is 57.7 Å². The van der Waals surface area contributed by atoms with Crippen LogP contribution in [0.5, 0.6) is 0 Å². The Morgan fingerprint density at radius 1 is 1.33 bits per heavy atom. The van der Waals surface area contributed by atoms with Gasteiger partial charge in [-0.05, 0) is 50.7 Å². The van der Waals surface area contributed by atoms with E-state index in [9.17, 15) is 5.11 Å². The monoisotopic (exact) mass is 491 g/mol. The summed E-state index contributed by atoms with van der Waals surface area (Å²) < 4.78 is 11.4. The second kappa shape index (κ2) is 11.9. The first-order valence-electron chi connectivity index (χ1n) is 10.1. The Morgan fingerprint density at radius 2 is 2.07 bits per heavy atom. The summed E-state index contributed by atoms with van der Waals surface area (Å²) in [7, 11) is 0. The molecule has 2 fully saturated rings. The predicted molar refractivity (Wildman–Crippen MR) is 118 cm³/mol. The quantitative estimate of drug-likeness (QED) is 0.347. The topological polar surface area (TPSA) is 70.2 Å². The van der Waals surface area contributed by atoms with Gasteiger partial charge in [0.2, 0.25) is 0 Å². The van der Waals surface area contributed by atoms with Crippen LogP contribution in [0.1, 0.15) is 57.3 Å². The van der Waals surface area contributed by atoms with Crippen LogP contribution in [-0.4, -0.2) is 54.9 Å². The van der Waals surface area contributed by atoms with Crippen LogP contribution < -0.4 is 5.32 Å². The molecule has 1 saturated carbocycles. The fourth-order valence-corrected chi connectivity index (χ4v) is 3.85. The highest BCUT2D eigenvalue weighted by Gasteiger charge is 2.24. The molecule has 1 aromatic rings. The average molecular weight is 491 g/mol. The van der Waals surface area contributed by atoms with Gasteiger partial charge in [0.1, 0.15) is 11.9 Å². The molecule has 2 aliphatic rings. The van der Waals surface area contributed by atoms with E-state index in [-0.39, 0.29) is 24.0 Å². The molecule has 7 heteroatoms. The number of guanidine groups is 1. The summed E-state index contributed by atoms with van der Waals surface area (Å²) in [5, 5.41) is 13.5. The maximum absolute atomic E-state index is 10.2. The van der Waals surface area contributed by atoms with Gasteiger partial charge in [-0.25, -0.2) is 4.99 Å². The van der Waals surface area contributed by atoms with Crippen LogP contribution in [0.4, 0.5) is 0 Å². The molecular formula is C20H34IN3O3. The van der Waals surface area contributed by atoms with Gasteiger partial charge >= 0.3 is 0 Å². The first kappa shape index (κ1) is 22.5. The van der Waals surface area contributed by atoms with Crippen molar-refractivity contribution < 1.29 is 14.3 Å². The lowest BCUT2D eigenvalue weighted by atomic mass is 10.1. The number of hydrogen-bond acceptors (Lipinski definition) is 4. The molecule has 0 bridgehead atoms. The summed E-state index contributed by atoms with van der Waals surface area (Å²) in [6, 6.07) is 3.56. The molecule has 1 aliphatic carbocycles. The van der Waals surface area contributed by atoms with Gasteiger partial charge < -0.3 is 24.5 Å². The minimum absolute atomic E-state index is 0. The summed E-state index contributed by atoms with van der Waals surface area (Å²) in [6.45, 7) is 6.00. The summed E-state index contributed by atoms with van der Waals surface area (Å²) in [5.41, 5.74) is 0. The SMILES string of the molecule is CCNC(=NCC(O)c1ccco1)N1CCC(OCC2CCCC2)CC1.I. The summed E-state index contributed by atoms with van der Waals surface area (Å²) in [6.07, 6.45) is 8.76. The molecule has 0 radical (unpaired) electrons. The minimum atomic E-state index is -0.703. The van der Waals surface area contributed by atoms with Crippen molar-refractivity contribution in [1.82, 2.24) is 10.2 Å². The number of rotatable bonds is 7. The highest BCUT2D eigenvalue weighted by atomic mass is 127. The molecule has 154 valence electrons. The van der Waals surface area contributed by atoms with Crippen LogP contribution >= 0.6 is 24.0 Å². The van der Waals surface area contributed by atoms with Gasteiger partial charge in [-0.15, -0.1) is 24.0 Å². The van der Waals surface area contributed by atoms with Gasteiger partial charge in [0.05, 0.1) is 18.9 Å². The molecule has 0 aromatic carbocycles. The maximum Gasteiger partial charge on any atom is 0.194 e. The lowest BCUT2D eigenvalue weighted by Gasteiger charge is -2.34. The Morgan fingerprint density at radius 3 is 2.70 bits per heavy atom. The highest BCUT2D eigenvalue weighted by molar-refractivity contribution is 14.0. The molecule has 2 heterocycles. The third kappa shape index (κ3) is 6.94. The van der Waals surface area contributed by atoms with Crippen molar-refractivity contribution >= 4 is 29.9 Å². The largest absolute Gasteiger partial charge is 0.467 e. The number of hydrogen-bond donors (Lipinski definition) is 2. The van der Waals surface area contributed by atoms with E-state index in [4.69, 9.17) is 9.15 Å². The van der Waals surface area contributed by atoms with Crippen LogP contribution in [0.3, 0.4) is 0 Å². The molecule has 0 amide bonds. The molecule has 1 unspecified atom stereocenters. The Hall–Kier alpha value is -0.800. The molecule has 27 heavy (non-hydrogen) atoms. The molecular weight excluding hydrogens is 457 g/mol. The number of halogens is 1. The standard InChI is InChI=1S/C20H33N3O3.HI/c1-2-21-20(22-14-18(24)19-8-5-13-25-19)23-11-9-17(10-12-23)26-15-16-6-3-4-7-16;/h5,8,13,16-18,24H,2-4,6-7,9-12,14-15H2,1H3,(H,21,22);1H. The number of aliphatic hydroxyl groups is 1. The van der Waals surface area contributed by atoms with E-state index < -0.39 is 6.10 Å². The zero-order valence-corrected chi connectivity index (χ0v) is 18.6. The Bertz CT molecular complexity index is 539. The molecule has 2 N–H and O–H groups in total. The normalized spacial score (nSPS) is 20.5. The van der Waals surface area contributed by atoms with Gasteiger partial charge in [-0.2, -0.15) is 0 Å². The zero-order valence-electron chi connectivity index (χ0n) is 16.3. The summed E-state index contributed by atoms with van der Waals surface area (Å²) in [4.78, 5) is 6.88. The predicted octanol–water partition coefficient (Wildman–Crippen LogP) is 3.57. The van der Waals surface area contributed by atoms with Gasteiger partial charge in [0, 0.05) is 26.2 Å². The number of aliphatic hydroxyl groups excluding tert-OH is 1. The van der Waals surface area contributed by atoms with E-state index in [1.54, 1.807) is 18.4 Å². The number of furan rings is 1. The number of piperidine rings is 1. The Kier molecular flexibility index (Phi) is 9.92. The van der Waals surface area contributed by atoms with E-state index in [1.807, 2.05) is 0 Å². The van der Waals surface area contributed by atoms with Crippen LogP contribution in [0.25, 0.3) is 0 Å². The summed E-state index contributed by atoms with van der Waals surface area (Å²) >= 11 is 0. The van der Waals surface area contributed by atoms with E-state index in [0.29, 0.717) is 18.4 Å². The molecule has 1 atom stereocenters. The fraction of sp³-hybridized carbons (Fsp3) is 0.750. The average Bonchev–Trinajstić information content (AvgIpc) is 3.37. The molecule has 6 nitrogen and oxygen atoms in total. The van der Waals surface area contributed by atoms with Crippen molar-refractivity contribution in [3.05, 3.63) is 24.2 Å². The molecule has 0 spiro atoms. The van der Waals surface area contributed by atoms with Crippen molar-refractivity contribution in [1.29, 1.82) is 0 Å². The van der Waals surface area contributed by atoms with E-state index in [2.05, 4.69) is 22.1 Å². The Labute approximate surface area is 179 Å². The number of aliphatic imine (C=N–C) groups is 1. The molecule has 1 aliphatic heterocycles. The van der Waals surface area contributed by atoms with Crippen LogP contribution in [0.2, 0.25) is 0 Å². The number of ether oxygens (including phenoxy) is 1. The second-order valence-corrected chi connectivity index (χ2v) is 7.40. The highest BCUT2D eigenvalue weighted by Crippen LogP contribution is 2.26. The van der Waals surface area contributed by atoms with Crippen LogP contribution in [0.15, 0.2) is 27.8 Å². The van der Waals surface area contributed by atoms with Crippen molar-refractivity contribution in [2.24, 2.45) is 10.9 Å². The maximum atomic E-state index is 10.2. The zero-order chi connectivity index (χ0) is 18.2. The first-order valence-corrected chi connectivity index (χ1v) is 10.1. The third-order valence-corrected chi connectivity index (χ3v) is 5.40. The fourth-order valence-electron chi connectivity index (χ4n) is 3.85. The smallest absolute Gasteiger partial charge is 0.194 e. The van der Waals surface area contributed by atoms with Crippen molar-refractivity contribution in [2.75, 3.05) is 32.8 Å². The lowest BCUT2D eigenvalue weighted by Crippen LogP contribution is -2.47. The van der Waals surface area contributed by atoms with Crippen molar-refractivity contribution in [3.8, 4) is 0 Å². The minimum Gasteiger partial charge on any atom is -0.467 e. The third-order valence-electron chi connectivity index (χ3n) is 5.40. The van der Waals surface area contributed by atoms with Gasteiger partial charge in [0.25, 0.3) is 0 Å². The number of likely N-dealkylation sites (tertiary alicyclic amines) is 1. The van der Waals surface area contributed by atoms with E-state index in [1.165, 1.54) is 25.7 Å². The van der Waals surface area contributed by atoms with Crippen LogP contribution in [0, 0.1) is 5.92 Å². The lowest BCUT2D eigenvalue weighted by molar-refractivity contribution is 0.000974. The molecule has 3 rings (SSSR count). The number of nitrogens with one attached hydrogen (secondary N) is 1. The molecule has 1 saturated heterocycles. The second-order valence-electron chi connectivity index (χ2n) is 7.40. The van der Waals surface area contributed by atoms with Gasteiger partial charge in [0.15, 0.2) is 5.96 Å². The molecule has 1 aromatic heterocycles. The van der Waals surface area contributed by atoms with E-state index in [0.717, 1.165) is 51.0 Å². The Balaban J connectivity index is 0.00000261. The number of nitrogens with zero attached hydrogens (tertiary/aromatic N) is 2. The first-order chi connectivity index (χ1) is 12.8. The van der Waals surface area contributed by atoms with Crippen LogP contribution in [-0.2, 0) is 4.74 Å². The van der Waals surface area contributed by atoms with Gasteiger partial charge in [-0.1, -0.05) is 12.8 Å². The van der Waals surface area contributed by atoms with Crippen molar-refractivity contribution in [3.63, 3.8) is 0 Å². The van der Waals surface area contributed by atoms with E-state index >= 15 is 0 Å². The summed E-state index contributed by atoms with van der Waals surface area (Å²) in [5.74, 6) is 2.21. The van der Waals surface area contributed by atoms with Gasteiger partial charge in [-0.3, -0.25) is 0 Å².